The van der Waals surface area contributed by atoms with Gasteiger partial charge >= 0.3 is 0 Å². The van der Waals surface area contributed by atoms with Gasteiger partial charge < -0.3 is 10.6 Å². The summed E-state index contributed by atoms with van der Waals surface area (Å²) < 4.78 is 0. The lowest BCUT2D eigenvalue weighted by atomic mass is 9.96. The molecule has 0 spiro atoms. The van der Waals surface area contributed by atoms with Gasteiger partial charge in [-0.1, -0.05) is 20.8 Å². The topological polar surface area (TPSA) is 41.1 Å². The Morgan fingerprint density at radius 2 is 2.06 bits per heavy atom. The fourth-order valence-corrected chi connectivity index (χ4v) is 1.82. The van der Waals surface area contributed by atoms with Crippen molar-refractivity contribution in [1.82, 2.24) is 10.6 Å². The van der Waals surface area contributed by atoms with Crippen LogP contribution in [0.25, 0.3) is 0 Å². The van der Waals surface area contributed by atoms with Crippen molar-refractivity contribution in [3.8, 4) is 0 Å². The number of hydrogen-bond donors (Lipinski definition) is 2. The van der Waals surface area contributed by atoms with E-state index in [0.29, 0.717) is 6.54 Å². The SMILES string of the molecule is CC(C)(C)C(=O)NCCNCc1ccsc1.Cl. The number of amides is 1. The Balaban J connectivity index is 0.00000256. The van der Waals surface area contributed by atoms with Crippen molar-refractivity contribution in [3.63, 3.8) is 0 Å². The van der Waals surface area contributed by atoms with Gasteiger partial charge in [-0.15, -0.1) is 12.4 Å². The third-order valence-corrected chi connectivity index (χ3v) is 2.91. The zero-order valence-corrected chi connectivity index (χ0v) is 12.2. The van der Waals surface area contributed by atoms with E-state index in [1.807, 2.05) is 20.8 Å². The molecule has 0 saturated carbocycles. The van der Waals surface area contributed by atoms with Crippen molar-refractivity contribution in [2.24, 2.45) is 5.41 Å². The normalized spacial score (nSPS) is 10.8. The summed E-state index contributed by atoms with van der Waals surface area (Å²) in [6, 6.07) is 2.10. The molecule has 1 heterocycles. The maximum atomic E-state index is 11.5. The lowest BCUT2D eigenvalue weighted by molar-refractivity contribution is -0.128. The number of carbonyl (C=O) groups excluding carboxylic acids is 1. The third kappa shape index (κ3) is 6.66. The largest absolute Gasteiger partial charge is 0.354 e. The maximum Gasteiger partial charge on any atom is 0.225 e. The van der Waals surface area contributed by atoms with E-state index in [4.69, 9.17) is 0 Å². The van der Waals surface area contributed by atoms with Gasteiger partial charge in [-0.25, -0.2) is 0 Å². The molecule has 0 aromatic carbocycles. The first-order valence-electron chi connectivity index (χ1n) is 5.50. The summed E-state index contributed by atoms with van der Waals surface area (Å²) in [5.41, 5.74) is 1.00. The molecule has 0 aliphatic rings. The van der Waals surface area contributed by atoms with E-state index in [1.165, 1.54) is 5.56 Å². The van der Waals surface area contributed by atoms with Gasteiger partial charge in [-0.05, 0) is 22.4 Å². The van der Waals surface area contributed by atoms with Gasteiger partial charge in [0.15, 0.2) is 0 Å². The Kier molecular flexibility index (Phi) is 7.43. The van der Waals surface area contributed by atoms with Gasteiger partial charge in [-0.2, -0.15) is 11.3 Å². The standard InChI is InChI=1S/C12H20N2OS.ClH/c1-12(2,3)11(15)14-6-5-13-8-10-4-7-16-9-10;/h4,7,9,13H,5-6,8H2,1-3H3,(H,14,15);1H. The van der Waals surface area contributed by atoms with Gasteiger partial charge in [0, 0.05) is 25.0 Å². The fourth-order valence-electron chi connectivity index (χ4n) is 1.16. The molecule has 0 aliphatic heterocycles. The Hall–Kier alpha value is -0.580. The monoisotopic (exact) mass is 276 g/mol. The van der Waals surface area contributed by atoms with E-state index < -0.39 is 0 Å². The molecule has 0 unspecified atom stereocenters. The molecule has 98 valence electrons. The van der Waals surface area contributed by atoms with Crippen molar-refractivity contribution >= 4 is 29.7 Å². The smallest absolute Gasteiger partial charge is 0.225 e. The number of nitrogens with one attached hydrogen (secondary N) is 2. The molecule has 0 bridgehead atoms. The first kappa shape index (κ1) is 16.4. The minimum Gasteiger partial charge on any atom is -0.354 e. The zero-order valence-electron chi connectivity index (χ0n) is 10.6. The molecular weight excluding hydrogens is 256 g/mol. The van der Waals surface area contributed by atoms with Gasteiger partial charge in [0.05, 0.1) is 0 Å². The Morgan fingerprint density at radius 3 is 2.59 bits per heavy atom. The lowest BCUT2D eigenvalue weighted by Crippen LogP contribution is -2.38. The van der Waals surface area contributed by atoms with Crippen LogP contribution in [0.5, 0.6) is 0 Å². The van der Waals surface area contributed by atoms with Gasteiger partial charge in [0.2, 0.25) is 5.91 Å². The molecule has 0 saturated heterocycles. The van der Waals surface area contributed by atoms with E-state index in [-0.39, 0.29) is 23.7 Å². The number of rotatable bonds is 5. The molecular formula is C12H21ClN2OS. The van der Waals surface area contributed by atoms with Crippen molar-refractivity contribution in [2.75, 3.05) is 13.1 Å². The summed E-state index contributed by atoms with van der Waals surface area (Å²) in [6.45, 7) is 8.11. The van der Waals surface area contributed by atoms with Crippen LogP contribution in [0.15, 0.2) is 16.8 Å². The minimum absolute atomic E-state index is 0. The van der Waals surface area contributed by atoms with Gasteiger partial charge in [0.25, 0.3) is 0 Å². The Morgan fingerprint density at radius 1 is 1.35 bits per heavy atom. The highest BCUT2D eigenvalue weighted by Crippen LogP contribution is 2.11. The van der Waals surface area contributed by atoms with E-state index in [0.717, 1.165) is 13.1 Å². The molecule has 17 heavy (non-hydrogen) atoms. The van der Waals surface area contributed by atoms with E-state index in [9.17, 15) is 4.79 Å². The fraction of sp³-hybridized carbons (Fsp3) is 0.583. The second-order valence-electron chi connectivity index (χ2n) is 4.81. The predicted octanol–water partition coefficient (Wildman–Crippen LogP) is 2.42. The van der Waals surface area contributed by atoms with E-state index in [1.54, 1.807) is 11.3 Å². The summed E-state index contributed by atoms with van der Waals surface area (Å²) in [4.78, 5) is 11.5. The van der Waals surface area contributed by atoms with Gasteiger partial charge in [0.1, 0.15) is 0 Å². The molecule has 1 aromatic rings. The molecule has 0 radical (unpaired) electrons. The van der Waals surface area contributed by atoms with Crippen molar-refractivity contribution in [3.05, 3.63) is 22.4 Å². The van der Waals surface area contributed by atoms with Crippen LogP contribution in [-0.2, 0) is 11.3 Å². The maximum absolute atomic E-state index is 11.5. The summed E-state index contributed by atoms with van der Waals surface area (Å²) >= 11 is 1.70. The first-order valence-corrected chi connectivity index (χ1v) is 6.44. The van der Waals surface area contributed by atoms with Crippen molar-refractivity contribution in [2.45, 2.75) is 27.3 Å². The molecule has 0 atom stereocenters. The molecule has 5 heteroatoms. The van der Waals surface area contributed by atoms with Crippen LogP contribution in [0.3, 0.4) is 0 Å². The van der Waals surface area contributed by atoms with Crippen molar-refractivity contribution < 1.29 is 4.79 Å². The second kappa shape index (κ2) is 7.69. The molecule has 0 fully saturated rings. The van der Waals surface area contributed by atoms with Crippen molar-refractivity contribution in [1.29, 1.82) is 0 Å². The van der Waals surface area contributed by atoms with Crippen LogP contribution in [0.1, 0.15) is 26.3 Å². The number of halogens is 1. The van der Waals surface area contributed by atoms with Crippen LogP contribution in [-0.4, -0.2) is 19.0 Å². The summed E-state index contributed by atoms with van der Waals surface area (Å²) in [6.07, 6.45) is 0. The van der Waals surface area contributed by atoms with Gasteiger partial charge in [-0.3, -0.25) is 4.79 Å². The summed E-state index contributed by atoms with van der Waals surface area (Å²) in [5.74, 6) is 0.102. The molecule has 1 rings (SSSR count). The average Bonchev–Trinajstić information content (AvgIpc) is 2.68. The zero-order chi connectivity index (χ0) is 12.0. The molecule has 1 aromatic heterocycles. The predicted molar refractivity (Wildman–Crippen MR) is 75.7 cm³/mol. The summed E-state index contributed by atoms with van der Waals surface area (Å²) in [7, 11) is 0. The second-order valence-corrected chi connectivity index (χ2v) is 5.59. The number of carbonyl (C=O) groups is 1. The average molecular weight is 277 g/mol. The number of hydrogen-bond acceptors (Lipinski definition) is 3. The molecule has 3 nitrogen and oxygen atoms in total. The molecule has 2 N–H and O–H groups in total. The Labute approximate surface area is 113 Å². The van der Waals surface area contributed by atoms with Crippen LogP contribution in [0.2, 0.25) is 0 Å². The van der Waals surface area contributed by atoms with Crippen LogP contribution < -0.4 is 10.6 Å². The quantitative estimate of drug-likeness (QED) is 0.811. The number of thiophene rings is 1. The first-order chi connectivity index (χ1) is 7.50. The lowest BCUT2D eigenvalue weighted by Gasteiger charge is -2.17. The third-order valence-electron chi connectivity index (χ3n) is 2.18. The highest BCUT2D eigenvalue weighted by molar-refractivity contribution is 7.07. The minimum atomic E-state index is -0.298. The summed E-state index contributed by atoms with van der Waals surface area (Å²) in [5, 5.41) is 10.4. The van der Waals surface area contributed by atoms with Crippen LogP contribution >= 0.6 is 23.7 Å². The molecule has 1 amide bonds. The van der Waals surface area contributed by atoms with E-state index >= 15 is 0 Å². The highest BCUT2D eigenvalue weighted by Gasteiger charge is 2.19. The van der Waals surface area contributed by atoms with Crippen LogP contribution in [0.4, 0.5) is 0 Å². The van der Waals surface area contributed by atoms with E-state index in [2.05, 4.69) is 27.5 Å². The Bertz CT molecular complexity index is 320. The molecule has 0 aliphatic carbocycles. The highest BCUT2D eigenvalue weighted by atomic mass is 35.5. The van der Waals surface area contributed by atoms with Crippen LogP contribution in [0, 0.1) is 5.41 Å².